The summed E-state index contributed by atoms with van der Waals surface area (Å²) in [5, 5.41) is 13.2. The molecule has 2 heterocycles. The number of tetrazole rings is 1. The van der Waals surface area contributed by atoms with Gasteiger partial charge in [-0.3, -0.25) is 4.90 Å². The van der Waals surface area contributed by atoms with Crippen LogP contribution in [0.1, 0.15) is 22.3 Å². The molecule has 0 fully saturated rings. The van der Waals surface area contributed by atoms with Gasteiger partial charge in [-0.2, -0.15) is 0 Å². The standard InChI is InChI=1S/C34H36N6O4/c1-41-30-17-25-14-16-39(21-26(25)18-31(30)42-2)15-13-23-9-11-27(12-10-23)40-37-34(36-38-40)28-19-33(32(43-3)20-29(28)35)44-22-24-7-5-4-6-8-24/h4-12,17-20H,13-16,21-22,35H2,1-3H3. The molecule has 0 spiro atoms. The number of methoxy groups -OCH3 is 3. The normalized spacial score (nSPS) is 12.9. The summed E-state index contributed by atoms with van der Waals surface area (Å²) < 4.78 is 22.5. The van der Waals surface area contributed by atoms with E-state index in [9.17, 15) is 0 Å². The quantitative estimate of drug-likeness (QED) is 0.209. The smallest absolute Gasteiger partial charge is 0.207 e. The second-order valence-corrected chi connectivity index (χ2v) is 10.7. The maximum Gasteiger partial charge on any atom is 0.207 e. The Hall–Kier alpha value is -5.09. The molecule has 0 atom stereocenters. The Balaban J connectivity index is 1.10. The van der Waals surface area contributed by atoms with Crippen molar-refractivity contribution < 1.29 is 18.9 Å². The van der Waals surface area contributed by atoms with Crippen LogP contribution in [0.15, 0.2) is 78.9 Å². The van der Waals surface area contributed by atoms with Crippen molar-refractivity contribution in [2.45, 2.75) is 26.0 Å². The third-order valence-corrected chi connectivity index (χ3v) is 7.91. The molecule has 0 saturated carbocycles. The van der Waals surface area contributed by atoms with Crippen molar-refractivity contribution in [3.05, 3.63) is 101 Å². The number of aromatic nitrogens is 4. The van der Waals surface area contributed by atoms with Gasteiger partial charge in [0.15, 0.2) is 23.0 Å². The molecule has 10 heteroatoms. The Kier molecular flexibility index (Phi) is 8.60. The van der Waals surface area contributed by atoms with E-state index < -0.39 is 0 Å². The lowest BCUT2D eigenvalue weighted by Gasteiger charge is -2.29. The van der Waals surface area contributed by atoms with Crippen LogP contribution in [0.25, 0.3) is 17.1 Å². The number of hydrogen-bond acceptors (Lipinski definition) is 9. The first-order valence-electron chi connectivity index (χ1n) is 14.5. The predicted molar refractivity (Wildman–Crippen MR) is 169 cm³/mol. The first-order chi connectivity index (χ1) is 21.5. The zero-order valence-electron chi connectivity index (χ0n) is 25.2. The molecule has 5 aromatic rings. The van der Waals surface area contributed by atoms with Crippen molar-refractivity contribution in [1.82, 2.24) is 25.1 Å². The second-order valence-electron chi connectivity index (χ2n) is 10.7. The van der Waals surface area contributed by atoms with Gasteiger partial charge in [-0.25, -0.2) is 0 Å². The lowest BCUT2D eigenvalue weighted by atomic mass is 9.98. The minimum absolute atomic E-state index is 0.391. The number of fused-ring (bicyclic) bond motifs is 1. The molecule has 44 heavy (non-hydrogen) atoms. The van der Waals surface area contributed by atoms with E-state index in [-0.39, 0.29) is 0 Å². The monoisotopic (exact) mass is 592 g/mol. The average Bonchev–Trinajstić information content (AvgIpc) is 3.56. The van der Waals surface area contributed by atoms with Crippen molar-refractivity contribution in [2.24, 2.45) is 0 Å². The summed E-state index contributed by atoms with van der Waals surface area (Å²) in [4.78, 5) is 3.99. The van der Waals surface area contributed by atoms with E-state index in [1.54, 1.807) is 33.5 Å². The Labute approximate surface area is 256 Å². The van der Waals surface area contributed by atoms with Crippen LogP contribution in [-0.2, 0) is 26.0 Å². The van der Waals surface area contributed by atoms with Crippen LogP contribution >= 0.6 is 0 Å². The van der Waals surface area contributed by atoms with Crippen molar-refractivity contribution in [2.75, 3.05) is 40.2 Å². The number of ether oxygens (including phenoxy) is 4. The molecule has 0 aliphatic carbocycles. The molecule has 0 bridgehead atoms. The molecule has 1 aliphatic rings. The zero-order chi connectivity index (χ0) is 30.5. The molecule has 1 aliphatic heterocycles. The number of nitrogens with two attached hydrogens (primary N) is 1. The molecule has 6 rings (SSSR count). The Morgan fingerprint density at radius 1 is 0.773 bits per heavy atom. The maximum absolute atomic E-state index is 6.35. The first-order valence-corrected chi connectivity index (χ1v) is 14.5. The fourth-order valence-electron chi connectivity index (χ4n) is 5.42. The van der Waals surface area contributed by atoms with Gasteiger partial charge in [-0.15, -0.1) is 15.0 Å². The average molecular weight is 593 g/mol. The summed E-state index contributed by atoms with van der Waals surface area (Å²) in [6.45, 7) is 3.26. The minimum Gasteiger partial charge on any atom is -0.493 e. The molecule has 0 unspecified atom stereocenters. The van der Waals surface area contributed by atoms with E-state index in [0.717, 1.165) is 55.2 Å². The molecule has 0 amide bonds. The highest BCUT2D eigenvalue weighted by atomic mass is 16.5. The van der Waals surface area contributed by atoms with Gasteiger partial charge in [0.2, 0.25) is 5.82 Å². The summed E-state index contributed by atoms with van der Waals surface area (Å²) >= 11 is 0. The van der Waals surface area contributed by atoms with Crippen molar-refractivity contribution in [3.8, 4) is 40.1 Å². The lowest BCUT2D eigenvalue weighted by Crippen LogP contribution is -2.32. The summed E-state index contributed by atoms with van der Waals surface area (Å²) in [6.07, 6.45) is 1.93. The van der Waals surface area contributed by atoms with Crippen LogP contribution in [0.2, 0.25) is 0 Å². The zero-order valence-corrected chi connectivity index (χ0v) is 25.2. The molecule has 4 aromatic carbocycles. The third kappa shape index (κ3) is 6.30. The largest absolute Gasteiger partial charge is 0.493 e. The molecule has 2 N–H and O–H groups in total. The van der Waals surface area contributed by atoms with E-state index in [0.29, 0.717) is 35.2 Å². The van der Waals surface area contributed by atoms with Crippen LogP contribution in [0.3, 0.4) is 0 Å². The van der Waals surface area contributed by atoms with Gasteiger partial charge in [0, 0.05) is 37.0 Å². The van der Waals surface area contributed by atoms with Crippen molar-refractivity contribution in [1.29, 1.82) is 0 Å². The number of nitrogen functional groups attached to an aromatic ring is 1. The summed E-state index contributed by atoms with van der Waals surface area (Å²) in [6, 6.07) is 25.9. The van der Waals surface area contributed by atoms with Gasteiger partial charge in [-0.1, -0.05) is 42.5 Å². The van der Waals surface area contributed by atoms with Crippen molar-refractivity contribution >= 4 is 5.69 Å². The summed E-state index contributed by atoms with van der Waals surface area (Å²) in [7, 11) is 4.94. The van der Waals surface area contributed by atoms with Crippen LogP contribution in [-0.4, -0.2) is 59.5 Å². The molecule has 0 saturated heterocycles. The van der Waals surface area contributed by atoms with Crippen LogP contribution < -0.4 is 24.7 Å². The molecule has 0 radical (unpaired) electrons. The molecular formula is C34H36N6O4. The fraction of sp³-hybridized carbons (Fsp3) is 0.265. The van der Waals surface area contributed by atoms with Crippen LogP contribution in [0.5, 0.6) is 23.0 Å². The highest BCUT2D eigenvalue weighted by molar-refractivity contribution is 5.75. The lowest BCUT2D eigenvalue weighted by molar-refractivity contribution is 0.255. The van der Waals surface area contributed by atoms with E-state index in [4.69, 9.17) is 24.7 Å². The first kappa shape index (κ1) is 29.0. The highest BCUT2D eigenvalue weighted by Gasteiger charge is 2.20. The van der Waals surface area contributed by atoms with Crippen molar-refractivity contribution in [3.63, 3.8) is 0 Å². The molecule has 1 aromatic heterocycles. The number of hydrogen-bond donors (Lipinski definition) is 1. The van der Waals surface area contributed by atoms with Gasteiger partial charge >= 0.3 is 0 Å². The SMILES string of the molecule is COc1cc2c(cc1OC)CN(CCc1ccc(-n3nnc(-c4cc(OCc5ccccc5)c(OC)cc4N)n3)cc1)CC2. The van der Waals surface area contributed by atoms with E-state index in [2.05, 4.69) is 44.6 Å². The van der Waals surface area contributed by atoms with Crippen LogP contribution in [0.4, 0.5) is 5.69 Å². The van der Waals surface area contributed by atoms with Crippen LogP contribution in [0, 0.1) is 0 Å². The number of benzene rings is 4. The fourth-order valence-corrected chi connectivity index (χ4v) is 5.42. The Morgan fingerprint density at radius 3 is 2.20 bits per heavy atom. The summed E-state index contributed by atoms with van der Waals surface area (Å²) in [5.74, 6) is 3.06. The Bertz CT molecular complexity index is 1720. The molecule has 10 nitrogen and oxygen atoms in total. The maximum atomic E-state index is 6.35. The molecule has 226 valence electrons. The minimum atomic E-state index is 0.391. The molecular weight excluding hydrogens is 556 g/mol. The van der Waals surface area contributed by atoms with Gasteiger partial charge in [0.25, 0.3) is 0 Å². The highest BCUT2D eigenvalue weighted by Crippen LogP contribution is 2.37. The topological polar surface area (TPSA) is 110 Å². The summed E-state index contributed by atoms with van der Waals surface area (Å²) in [5.41, 5.74) is 13.2. The third-order valence-electron chi connectivity index (χ3n) is 7.91. The van der Waals surface area contributed by atoms with Gasteiger partial charge in [0.1, 0.15) is 6.61 Å². The van der Waals surface area contributed by atoms with E-state index in [1.807, 2.05) is 42.5 Å². The number of nitrogens with zero attached hydrogens (tertiary/aromatic N) is 5. The number of anilines is 1. The predicted octanol–water partition coefficient (Wildman–Crippen LogP) is 5.12. The van der Waals surface area contributed by atoms with E-state index >= 15 is 0 Å². The van der Waals surface area contributed by atoms with Gasteiger partial charge in [0.05, 0.1) is 27.0 Å². The Morgan fingerprint density at radius 2 is 1.48 bits per heavy atom. The number of rotatable bonds is 11. The van der Waals surface area contributed by atoms with Gasteiger partial charge < -0.3 is 24.7 Å². The van der Waals surface area contributed by atoms with E-state index in [1.165, 1.54) is 21.5 Å². The second kappa shape index (κ2) is 13.0. The van der Waals surface area contributed by atoms with Gasteiger partial charge in [-0.05, 0) is 70.6 Å².